The smallest absolute Gasteiger partial charge is 0.338 e. The van der Waals surface area contributed by atoms with Gasteiger partial charge in [0.25, 0.3) is 5.69 Å². The van der Waals surface area contributed by atoms with Gasteiger partial charge >= 0.3 is 5.97 Å². The molecule has 0 saturated heterocycles. The Labute approximate surface area is 160 Å². The van der Waals surface area contributed by atoms with E-state index in [0.717, 1.165) is 0 Å². The predicted molar refractivity (Wildman–Crippen MR) is 99.9 cm³/mol. The summed E-state index contributed by atoms with van der Waals surface area (Å²) in [7, 11) is 3.22. The Morgan fingerprint density at radius 1 is 1.46 bits per heavy atom. The Morgan fingerprint density at radius 3 is 2.77 bits per heavy atom. The fourth-order valence-electron chi connectivity index (χ4n) is 2.49. The third kappa shape index (κ3) is 4.12. The first-order valence-electron chi connectivity index (χ1n) is 7.62. The molecule has 0 spiro atoms. The molecule has 0 amide bonds. The predicted octanol–water partition coefficient (Wildman–Crippen LogP) is 2.57. The minimum atomic E-state index is -0.690. The zero-order valence-electron chi connectivity index (χ0n) is 14.4. The molecule has 0 aromatic heterocycles. The molecule has 26 heavy (non-hydrogen) atoms. The highest BCUT2D eigenvalue weighted by molar-refractivity contribution is 7.80. The third-order valence-electron chi connectivity index (χ3n) is 3.99. The quantitative estimate of drug-likeness (QED) is 0.256. The van der Waals surface area contributed by atoms with E-state index < -0.39 is 16.9 Å². The van der Waals surface area contributed by atoms with Crippen LogP contribution in [0.3, 0.4) is 0 Å². The number of nitro benzene ring substituents is 1. The fraction of sp³-hybridized carbons (Fsp3) is 0.375. The lowest BCUT2D eigenvalue weighted by Gasteiger charge is -2.35. The Morgan fingerprint density at radius 2 is 2.15 bits per heavy atom. The number of thiocarbonyl (C=S) groups is 1. The molecule has 2 rings (SSSR count). The van der Waals surface area contributed by atoms with E-state index in [0.29, 0.717) is 21.9 Å². The number of nitrogens with zero attached hydrogens (tertiary/aromatic N) is 2. The summed E-state index contributed by atoms with van der Waals surface area (Å²) in [5.41, 5.74) is 1.14. The highest BCUT2D eigenvalue weighted by Gasteiger charge is 2.34. The van der Waals surface area contributed by atoms with Crippen molar-refractivity contribution in [3.05, 3.63) is 50.2 Å². The zero-order chi connectivity index (χ0) is 19.4. The van der Waals surface area contributed by atoms with Crippen molar-refractivity contribution in [2.75, 3.05) is 27.4 Å². The number of hydrogen-bond acceptors (Lipinski definition) is 6. The minimum absolute atomic E-state index is 0.0131. The number of carbonyl (C=O) groups is 1. The number of rotatable bonds is 6. The Hall–Kier alpha value is -2.23. The number of carbonyl (C=O) groups excluding carboxylic acids is 1. The highest BCUT2D eigenvalue weighted by atomic mass is 35.5. The van der Waals surface area contributed by atoms with Crippen LogP contribution in [0.2, 0.25) is 5.02 Å². The number of nitrogens with one attached hydrogen (secondary N) is 1. The fourth-order valence-corrected chi connectivity index (χ4v) is 2.94. The van der Waals surface area contributed by atoms with Crippen LogP contribution in [0.4, 0.5) is 5.69 Å². The van der Waals surface area contributed by atoms with Crippen LogP contribution in [-0.4, -0.2) is 48.3 Å². The van der Waals surface area contributed by atoms with Gasteiger partial charge in [-0.3, -0.25) is 10.1 Å². The molecule has 1 heterocycles. The third-order valence-corrected chi connectivity index (χ3v) is 4.71. The number of nitro groups is 1. The van der Waals surface area contributed by atoms with E-state index in [-0.39, 0.29) is 23.9 Å². The summed E-state index contributed by atoms with van der Waals surface area (Å²) in [5.74, 6) is -0.552. The molecule has 1 aliphatic rings. The van der Waals surface area contributed by atoms with Crippen molar-refractivity contribution in [2.45, 2.75) is 13.0 Å². The van der Waals surface area contributed by atoms with Gasteiger partial charge in [0, 0.05) is 25.9 Å². The molecule has 140 valence electrons. The van der Waals surface area contributed by atoms with Crippen LogP contribution >= 0.6 is 23.8 Å². The van der Waals surface area contributed by atoms with Gasteiger partial charge in [-0.1, -0.05) is 17.7 Å². The topological polar surface area (TPSA) is 93.9 Å². The summed E-state index contributed by atoms with van der Waals surface area (Å²) >= 11 is 11.2. The molecular formula is C16H18ClN3O5S. The molecule has 0 radical (unpaired) electrons. The highest BCUT2D eigenvalue weighted by Crippen LogP contribution is 2.34. The van der Waals surface area contributed by atoms with Gasteiger partial charge in [-0.05, 0) is 30.8 Å². The van der Waals surface area contributed by atoms with Gasteiger partial charge in [-0.15, -0.1) is 0 Å². The van der Waals surface area contributed by atoms with Gasteiger partial charge in [0.1, 0.15) is 11.6 Å². The van der Waals surface area contributed by atoms with Gasteiger partial charge in [-0.2, -0.15) is 0 Å². The van der Waals surface area contributed by atoms with Crippen molar-refractivity contribution >= 4 is 40.6 Å². The van der Waals surface area contributed by atoms with Crippen molar-refractivity contribution in [3.8, 4) is 0 Å². The SMILES string of the molecule is COCCOC(=O)C1=C(C)N(C)C(=S)NC1c1ccc(Cl)c([N+](=O)[O-])c1. The van der Waals surface area contributed by atoms with Crippen LogP contribution in [0, 0.1) is 10.1 Å². The summed E-state index contributed by atoms with van der Waals surface area (Å²) in [4.78, 5) is 24.8. The number of allylic oxidation sites excluding steroid dienone is 1. The zero-order valence-corrected chi connectivity index (χ0v) is 16.0. The molecule has 0 fully saturated rings. The van der Waals surface area contributed by atoms with Crippen molar-refractivity contribution in [1.29, 1.82) is 0 Å². The van der Waals surface area contributed by atoms with Crippen LogP contribution < -0.4 is 5.32 Å². The molecule has 1 aromatic carbocycles. The van der Waals surface area contributed by atoms with Crippen molar-refractivity contribution in [3.63, 3.8) is 0 Å². The van der Waals surface area contributed by atoms with E-state index in [1.807, 2.05) is 0 Å². The van der Waals surface area contributed by atoms with Crippen LogP contribution in [0.1, 0.15) is 18.5 Å². The van der Waals surface area contributed by atoms with E-state index >= 15 is 0 Å². The largest absolute Gasteiger partial charge is 0.460 e. The maximum Gasteiger partial charge on any atom is 0.338 e. The van der Waals surface area contributed by atoms with Gasteiger partial charge in [0.05, 0.1) is 23.1 Å². The summed E-state index contributed by atoms with van der Waals surface area (Å²) < 4.78 is 10.1. The Kier molecular flexibility index (Phi) is 6.52. The molecule has 1 aromatic rings. The second-order valence-corrected chi connectivity index (χ2v) is 6.33. The summed E-state index contributed by atoms with van der Waals surface area (Å²) in [6.45, 7) is 2.09. The average Bonchev–Trinajstić information content (AvgIpc) is 2.59. The molecule has 8 nitrogen and oxygen atoms in total. The van der Waals surface area contributed by atoms with Crippen LogP contribution in [-0.2, 0) is 14.3 Å². The second-order valence-electron chi connectivity index (χ2n) is 5.54. The molecule has 1 aliphatic heterocycles. The molecule has 1 unspecified atom stereocenters. The van der Waals surface area contributed by atoms with Gasteiger partial charge in [0.2, 0.25) is 0 Å². The number of hydrogen-bond donors (Lipinski definition) is 1. The molecule has 0 bridgehead atoms. The van der Waals surface area contributed by atoms with Crippen molar-refractivity contribution in [1.82, 2.24) is 10.2 Å². The first-order chi connectivity index (χ1) is 12.3. The number of benzene rings is 1. The van der Waals surface area contributed by atoms with E-state index in [1.54, 1.807) is 24.9 Å². The molecular weight excluding hydrogens is 382 g/mol. The lowest BCUT2D eigenvalue weighted by molar-refractivity contribution is -0.384. The minimum Gasteiger partial charge on any atom is -0.460 e. The van der Waals surface area contributed by atoms with Crippen LogP contribution in [0.5, 0.6) is 0 Å². The van der Waals surface area contributed by atoms with Crippen LogP contribution in [0.15, 0.2) is 29.5 Å². The lowest BCUT2D eigenvalue weighted by atomic mass is 9.95. The number of methoxy groups -OCH3 is 1. The molecule has 0 aliphatic carbocycles. The first-order valence-corrected chi connectivity index (χ1v) is 8.41. The molecule has 1 N–H and O–H groups in total. The monoisotopic (exact) mass is 399 g/mol. The Balaban J connectivity index is 2.47. The van der Waals surface area contributed by atoms with Crippen molar-refractivity contribution < 1.29 is 19.2 Å². The van der Waals surface area contributed by atoms with Gasteiger partial charge in [-0.25, -0.2) is 4.79 Å². The maximum absolute atomic E-state index is 12.6. The number of ether oxygens (including phenoxy) is 2. The number of halogens is 1. The van der Waals surface area contributed by atoms with E-state index in [4.69, 9.17) is 33.3 Å². The standard InChI is InChI=1S/C16H18ClN3O5S/c1-9-13(15(21)25-7-6-24-3)14(18-16(26)19(9)2)10-4-5-11(17)12(8-10)20(22)23/h4-5,8,14H,6-7H2,1-3H3,(H,18,26). The van der Waals surface area contributed by atoms with E-state index in [2.05, 4.69) is 5.32 Å². The van der Waals surface area contributed by atoms with Crippen LogP contribution in [0.25, 0.3) is 0 Å². The molecule has 1 atom stereocenters. The van der Waals surface area contributed by atoms with E-state index in [1.165, 1.54) is 19.2 Å². The Bertz CT molecular complexity index is 783. The molecule has 10 heteroatoms. The van der Waals surface area contributed by atoms with Gasteiger partial charge in [0.15, 0.2) is 5.11 Å². The average molecular weight is 400 g/mol. The normalized spacial score (nSPS) is 17.2. The summed E-state index contributed by atoms with van der Waals surface area (Å²) in [6.07, 6.45) is 0. The maximum atomic E-state index is 12.6. The second kappa shape index (κ2) is 8.43. The molecule has 0 saturated carbocycles. The first kappa shape index (κ1) is 20.1. The van der Waals surface area contributed by atoms with E-state index in [9.17, 15) is 14.9 Å². The van der Waals surface area contributed by atoms with Crippen molar-refractivity contribution in [2.24, 2.45) is 0 Å². The summed E-state index contributed by atoms with van der Waals surface area (Å²) in [6, 6.07) is 3.66. The summed E-state index contributed by atoms with van der Waals surface area (Å²) in [5, 5.41) is 14.6. The lowest BCUT2D eigenvalue weighted by Crippen LogP contribution is -2.46. The number of esters is 1. The van der Waals surface area contributed by atoms with Gasteiger partial charge < -0.3 is 19.7 Å².